The minimum Gasteiger partial charge on any atom is -0.496 e. The van der Waals surface area contributed by atoms with Crippen LogP contribution < -0.4 is 10.1 Å². The van der Waals surface area contributed by atoms with Crippen LogP contribution in [-0.2, 0) is 11.3 Å². The summed E-state index contributed by atoms with van der Waals surface area (Å²) in [7, 11) is 1.73. The van der Waals surface area contributed by atoms with Crippen molar-refractivity contribution in [3.05, 3.63) is 28.2 Å². The Balaban J connectivity index is 1.66. The molecule has 1 saturated carbocycles. The summed E-state index contributed by atoms with van der Waals surface area (Å²) in [4.78, 5) is 2.50. The SMILES string of the molecule is COc1ccc(Br)cc1CN1CCOCC1CNC1CC1. The number of nitrogens with one attached hydrogen (secondary N) is 1. The number of rotatable bonds is 6. The molecule has 0 amide bonds. The van der Waals surface area contributed by atoms with Gasteiger partial charge >= 0.3 is 0 Å². The first-order valence-corrected chi connectivity index (χ1v) is 8.43. The van der Waals surface area contributed by atoms with Crippen molar-refractivity contribution in [2.45, 2.75) is 31.5 Å². The van der Waals surface area contributed by atoms with Crippen LogP contribution in [0, 0.1) is 0 Å². The molecule has 4 nitrogen and oxygen atoms in total. The van der Waals surface area contributed by atoms with E-state index < -0.39 is 0 Å². The van der Waals surface area contributed by atoms with Crippen LogP contribution in [0.3, 0.4) is 0 Å². The molecule has 3 rings (SSSR count). The average molecular weight is 355 g/mol. The van der Waals surface area contributed by atoms with E-state index in [1.54, 1.807) is 7.11 Å². The van der Waals surface area contributed by atoms with Gasteiger partial charge in [-0.05, 0) is 31.0 Å². The molecule has 1 heterocycles. The van der Waals surface area contributed by atoms with Gasteiger partial charge in [0.05, 0.1) is 20.3 Å². The topological polar surface area (TPSA) is 33.7 Å². The predicted molar refractivity (Wildman–Crippen MR) is 86.7 cm³/mol. The minimum absolute atomic E-state index is 0.447. The minimum atomic E-state index is 0.447. The molecular weight excluding hydrogens is 332 g/mol. The lowest BCUT2D eigenvalue weighted by Gasteiger charge is -2.36. The van der Waals surface area contributed by atoms with Gasteiger partial charge in [-0.3, -0.25) is 4.90 Å². The maximum absolute atomic E-state index is 5.66. The lowest BCUT2D eigenvalue weighted by Crippen LogP contribution is -2.50. The third-order valence-electron chi connectivity index (χ3n) is 4.18. The van der Waals surface area contributed by atoms with Crippen LogP contribution >= 0.6 is 15.9 Å². The lowest BCUT2D eigenvalue weighted by molar-refractivity contribution is -0.0113. The number of methoxy groups -OCH3 is 1. The summed E-state index contributed by atoms with van der Waals surface area (Å²) in [6.07, 6.45) is 2.65. The van der Waals surface area contributed by atoms with Crippen molar-refractivity contribution >= 4 is 15.9 Å². The number of nitrogens with zero attached hydrogens (tertiary/aromatic N) is 1. The van der Waals surface area contributed by atoms with Gasteiger partial charge < -0.3 is 14.8 Å². The molecule has 1 aromatic carbocycles. The quantitative estimate of drug-likeness (QED) is 0.850. The standard InChI is InChI=1S/C16H23BrN2O2/c1-20-16-5-2-13(17)8-12(16)10-19-6-7-21-11-15(19)9-18-14-3-4-14/h2,5,8,14-15,18H,3-4,6-7,9-11H2,1H3. The van der Waals surface area contributed by atoms with Crippen molar-refractivity contribution in [2.24, 2.45) is 0 Å². The first kappa shape index (κ1) is 15.3. The molecular formula is C16H23BrN2O2. The van der Waals surface area contributed by atoms with Gasteiger partial charge in [-0.25, -0.2) is 0 Å². The molecule has 1 N–H and O–H groups in total. The first-order valence-electron chi connectivity index (χ1n) is 7.64. The van der Waals surface area contributed by atoms with Crippen molar-refractivity contribution in [2.75, 3.05) is 33.4 Å². The smallest absolute Gasteiger partial charge is 0.123 e. The molecule has 2 aliphatic rings. The zero-order valence-corrected chi connectivity index (χ0v) is 14.1. The van der Waals surface area contributed by atoms with Gasteiger partial charge in [0.1, 0.15) is 5.75 Å². The fourth-order valence-corrected chi connectivity index (χ4v) is 3.17. The van der Waals surface area contributed by atoms with Crippen LogP contribution in [-0.4, -0.2) is 50.4 Å². The maximum Gasteiger partial charge on any atom is 0.123 e. The van der Waals surface area contributed by atoms with E-state index in [0.717, 1.165) is 49.1 Å². The summed E-state index contributed by atoms with van der Waals surface area (Å²) >= 11 is 3.55. The highest BCUT2D eigenvalue weighted by Gasteiger charge is 2.27. The molecule has 21 heavy (non-hydrogen) atoms. The van der Waals surface area contributed by atoms with Crippen LogP contribution in [0.2, 0.25) is 0 Å². The second-order valence-corrected chi connectivity index (χ2v) is 6.75. The van der Waals surface area contributed by atoms with Gasteiger partial charge in [-0.15, -0.1) is 0 Å². The van der Waals surface area contributed by atoms with Gasteiger partial charge in [-0.2, -0.15) is 0 Å². The maximum atomic E-state index is 5.66. The van der Waals surface area contributed by atoms with Gasteiger partial charge in [0.25, 0.3) is 0 Å². The summed E-state index contributed by atoms with van der Waals surface area (Å²) in [5, 5.41) is 3.62. The monoisotopic (exact) mass is 354 g/mol. The molecule has 0 bridgehead atoms. The summed E-state index contributed by atoms with van der Waals surface area (Å²) in [5.74, 6) is 0.957. The van der Waals surface area contributed by atoms with Crippen molar-refractivity contribution in [1.82, 2.24) is 10.2 Å². The first-order chi connectivity index (χ1) is 10.3. The van der Waals surface area contributed by atoms with E-state index in [1.807, 2.05) is 12.1 Å². The number of hydrogen-bond acceptors (Lipinski definition) is 4. The predicted octanol–water partition coefficient (Wildman–Crippen LogP) is 2.41. The van der Waals surface area contributed by atoms with Gasteiger partial charge in [0.2, 0.25) is 0 Å². The highest BCUT2D eigenvalue weighted by Crippen LogP contribution is 2.26. The third-order valence-corrected chi connectivity index (χ3v) is 4.68. The Labute approximate surface area is 134 Å². The molecule has 1 unspecified atom stereocenters. The fourth-order valence-electron chi connectivity index (χ4n) is 2.77. The third kappa shape index (κ3) is 4.19. The van der Waals surface area contributed by atoms with E-state index >= 15 is 0 Å². The van der Waals surface area contributed by atoms with Crippen LogP contribution in [0.5, 0.6) is 5.75 Å². The normalized spacial score (nSPS) is 23.2. The van der Waals surface area contributed by atoms with Crippen molar-refractivity contribution in [1.29, 1.82) is 0 Å². The van der Waals surface area contributed by atoms with Gasteiger partial charge in [-0.1, -0.05) is 15.9 Å². The van der Waals surface area contributed by atoms with Gasteiger partial charge in [0, 0.05) is 41.8 Å². The number of benzene rings is 1. The van der Waals surface area contributed by atoms with E-state index in [4.69, 9.17) is 9.47 Å². The summed E-state index contributed by atoms with van der Waals surface area (Å²) in [6.45, 7) is 4.53. The van der Waals surface area contributed by atoms with Crippen LogP contribution in [0.1, 0.15) is 18.4 Å². The second kappa shape index (κ2) is 7.09. The van der Waals surface area contributed by atoms with E-state index in [-0.39, 0.29) is 0 Å². The Morgan fingerprint density at radius 3 is 3.05 bits per heavy atom. The van der Waals surface area contributed by atoms with Crippen LogP contribution in [0.15, 0.2) is 22.7 Å². The van der Waals surface area contributed by atoms with E-state index in [0.29, 0.717) is 6.04 Å². The fraction of sp³-hybridized carbons (Fsp3) is 0.625. The summed E-state index contributed by atoms with van der Waals surface area (Å²) < 4.78 is 12.2. The Kier molecular flexibility index (Phi) is 5.16. The molecule has 0 aromatic heterocycles. The Morgan fingerprint density at radius 2 is 2.29 bits per heavy atom. The lowest BCUT2D eigenvalue weighted by atomic mass is 10.1. The highest BCUT2D eigenvalue weighted by molar-refractivity contribution is 9.10. The zero-order valence-electron chi connectivity index (χ0n) is 12.5. The molecule has 0 radical (unpaired) electrons. The van der Waals surface area contributed by atoms with Crippen molar-refractivity contribution < 1.29 is 9.47 Å². The number of ether oxygens (including phenoxy) is 2. The largest absolute Gasteiger partial charge is 0.496 e. The van der Waals surface area contributed by atoms with Gasteiger partial charge in [0.15, 0.2) is 0 Å². The molecule has 1 atom stereocenters. The van der Waals surface area contributed by atoms with Crippen molar-refractivity contribution in [3.8, 4) is 5.75 Å². The molecule has 0 spiro atoms. The molecule has 116 valence electrons. The molecule has 1 aliphatic heterocycles. The summed E-state index contributed by atoms with van der Waals surface area (Å²) in [6, 6.07) is 7.39. The molecule has 1 aromatic rings. The van der Waals surface area contributed by atoms with Crippen LogP contribution in [0.25, 0.3) is 0 Å². The number of hydrogen-bond donors (Lipinski definition) is 1. The Morgan fingerprint density at radius 1 is 1.43 bits per heavy atom. The molecule has 1 aliphatic carbocycles. The van der Waals surface area contributed by atoms with Crippen LogP contribution in [0.4, 0.5) is 0 Å². The Hall–Kier alpha value is -0.620. The summed E-state index contributed by atoms with van der Waals surface area (Å²) in [5.41, 5.74) is 1.23. The molecule has 1 saturated heterocycles. The average Bonchev–Trinajstić information content (AvgIpc) is 3.31. The number of morpholine rings is 1. The zero-order chi connectivity index (χ0) is 14.7. The highest BCUT2D eigenvalue weighted by atomic mass is 79.9. The second-order valence-electron chi connectivity index (χ2n) is 5.84. The van der Waals surface area contributed by atoms with E-state index in [9.17, 15) is 0 Å². The van der Waals surface area contributed by atoms with Crippen molar-refractivity contribution in [3.63, 3.8) is 0 Å². The van der Waals surface area contributed by atoms with E-state index in [1.165, 1.54) is 18.4 Å². The molecule has 2 fully saturated rings. The number of halogens is 1. The Bertz CT molecular complexity index is 479. The molecule has 5 heteroatoms. The van der Waals surface area contributed by atoms with E-state index in [2.05, 4.69) is 32.2 Å².